The highest BCUT2D eigenvalue weighted by Crippen LogP contribution is 2.32. The van der Waals surface area contributed by atoms with E-state index < -0.39 is 0 Å². The van der Waals surface area contributed by atoms with E-state index in [1.807, 2.05) is 49.4 Å². The number of rotatable bonds is 4. The predicted octanol–water partition coefficient (Wildman–Crippen LogP) is 5.18. The van der Waals surface area contributed by atoms with Gasteiger partial charge >= 0.3 is 0 Å². The molecule has 0 aliphatic carbocycles. The Kier molecular flexibility index (Phi) is 5.05. The molecule has 104 valence electrons. The summed E-state index contributed by atoms with van der Waals surface area (Å²) in [4.78, 5) is 4.52. The first kappa shape index (κ1) is 14.9. The molecular weight excluding hydrogens is 293 g/mol. The summed E-state index contributed by atoms with van der Waals surface area (Å²) >= 11 is 12.4. The van der Waals surface area contributed by atoms with Crippen LogP contribution in [0.4, 0.5) is 0 Å². The Bertz CT molecular complexity index is 605. The van der Waals surface area contributed by atoms with E-state index in [4.69, 9.17) is 27.9 Å². The number of aliphatic imine (C=N–C) groups is 1. The number of hydrogen-bond acceptors (Lipinski definition) is 2. The fourth-order valence-corrected chi connectivity index (χ4v) is 2.66. The van der Waals surface area contributed by atoms with Crippen LogP contribution in [0, 0.1) is 0 Å². The first-order chi connectivity index (χ1) is 9.63. The highest BCUT2D eigenvalue weighted by atomic mass is 35.5. The molecule has 2 aromatic carbocycles. The zero-order chi connectivity index (χ0) is 14.5. The van der Waals surface area contributed by atoms with Gasteiger partial charge in [-0.1, -0.05) is 41.4 Å². The van der Waals surface area contributed by atoms with Gasteiger partial charge in [-0.15, -0.1) is 0 Å². The molecule has 0 spiro atoms. The predicted molar refractivity (Wildman–Crippen MR) is 85.5 cm³/mol. The van der Waals surface area contributed by atoms with E-state index in [-0.39, 0.29) is 6.04 Å². The molecule has 2 aromatic rings. The summed E-state index contributed by atoms with van der Waals surface area (Å²) in [5.41, 5.74) is 1.76. The molecule has 0 saturated carbocycles. The van der Waals surface area contributed by atoms with Crippen molar-refractivity contribution in [3.05, 3.63) is 63.6 Å². The molecule has 2 nitrogen and oxygen atoms in total. The minimum absolute atomic E-state index is 0.124. The Morgan fingerprint density at radius 1 is 1.05 bits per heavy atom. The lowest BCUT2D eigenvalue weighted by atomic mass is 10.1. The molecule has 0 bridgehead atoms. The lowest BCUT2D eigenvalue weighted by Crippen LogP contribution is -1.95. The third-order valence-electron chi connectivity index (χ3n) is 2.99. The molecule has 1 unspecified atom stereocenters. The van der Waals surface area contributed by atoms with Gasteiger partial charge in [0.05, 0.1) is 13.2 Å². The third-order valence-corrected chi connectivity index (χ3v) is 3.65. The number of hydrogen-bond donors (Lipinski definition) is 0. The average molecular weight is 308 g/mol. The van der Waals surface area contributed by atoms with E-state index in [0.717, 1.165) is 16.9 Å². The van der Waals surface area contributed by atoms with Gasteiger partial charge in [-0.3, -0.25) is 4.99 Å². The highest BCUT2D eigenvalue weighted by molar-refractivity contribution is 6.36. The van der Waals surface area contributed by atoms with Crippen molar-refractivity contribution in [3.63, 3.8) is 0 Å². The van der Waals surface area contributed by atoms with Crippen molar-refractivity contribution in [2.24, 2.45) is 4.99 Å². The van der Waals surface area contributed by atoms with Crippen molar-refractivity contribution in [1.82, 2.24) is 0 Å². The van der Waals surface area contributed by atoms with Gasteiger partial charge in [0, 0.05) is 27.4 Å². The van der Waals surface area contributed by atoms with Gasteiger partial charge in [0.15, 0.2) is 0 Å². The van der Waals surface area contributed by atoms with Crippen molar-refractivity contribution in [1.29, 1.82) is 0 Å². The quantitative estimate of drug-likeness (QED) is 0.713. The van der Waals surface area contributed by atoms with E-state index in [0.29, 0.717) is 10.0 Å². The van der Waals surface area contributed by atoms with E-state index in [1.165, 1.54) is 0 Å². The van der Waals surface area contributed by atoms with E-state index in [9.17, 15) is 0 Å². The molecule has 2 rings (SSSR count). The van der Waals surface area contributed by atoms with Crippen LogP contribution in [0.3, 0.4) is 0 Å². The standard InChI is InChI=1S/C16H15Cl2NO/c1-11(16-13(17)7-5-8-14(16)18)19-10-12-6-3-4-9-15(12)20-2/h3-11H,1-2H3. The first-order valence-electron chi connectivity index (χ1n) is 6.23. The van der Waals surface area contributed by atoms with Crippen LogP contribution in [0.5, 0.6) is 5.75 Å². The average Bonchev–Trinajstić information content (AvgIpc) is 2.45. The maximum atomic E-state index is 6.18. The SMILES string of the molecule is COc1ccccc1C=NC(C)c1c(Cl)cccc1Cl. The maximum Gasteiger partial charge on any atom is 0.127 e. The van der Waals surface area contributed by atoms with Crippen LogP contribution in [0.25, 0.3) is 0 Å². The normalized spacial score (nSPS) is 12.6. The first-order valence-corrected chi connectivity index (χ1v) is 6.99. The second-order valence-corrected chi connectivity index (χ2v) is 5.15. The Hall–Kier alpha value is -1.51. The molecule has 0 N–H and O–H groups in total. The van der Waals surface area contributed by atoms with Crippen LogP contribution in [0.15, 0.2) is 47.5 Å². The topological polar surface area (TPSA) is 21.6 Å². The smallest absolute Gasteiger partial charge is 0.127 e. The third kappa shape index (κ3) is 3.33. The molecule has 0 saturated heterocycles. The molecule has 0 aliphatic rings. The van der Waals surface area contributed by atoms with Crippen LogP contribution < -0.4 is 4.74 Å². The molecule has 0 fully saturated rings. The van der Waals surface area contributed by atoms with Crippen molar-refractivity contribution < 1.29 is 4.74 Å². The second kappa shape index (κ2) is 6.78. The summed E-state index contributed by atoms with van der Waals surface area (Å²) < 4.78 is 5.29. The van der Waals surface area contributed by atoms with Gasteiger partial charge in [0.25, 0.3) is 0 Å². The fourth-order valence-electron chi connectivity index (χ4n) is 1.95. The van der Waals surface area contributed by atoms with Gasteiger partial charge in [0.1, 0.15) is 5.75 Å². The van der Waals surface area contributed by atoms with Crippen LogP contribution >= 0.6 is 23.2 Å². The molecule has 0 aromatic heterocycles. The summed E-state index contributed by atoms with van der Waals surface area (Å²) in [7, 11) is 1.64. The lowest BCUT2D eigenvalue weighted by molar-refractivity contribution is 0.414. The number of benzene rings is 2. The monoisotopic (exact) mass is 307 g/mol. The van der Waals surface area contributed by atoms with Gasteiger partial charge < -0.3 is 4.74 Å². The Morgan fingerprint density at radius 2 is 1.70 bits per heavy atom. The lowest BCUT2D eigenvalue weighted by Gasteiger charge is -2.11. The minimum Gasteiger partial charge on any atom is -0.496 e. The van der Waals surface area contributed by atoms with Gasteiger partial charge in [-0.05, 0) is 31.2 Å². The van der Waals surface area contributed by atoms with Crippen molar-refractivity contribution in [3.8, 4) is 5.75 Å². The number of para-hydroxylation sites is 1. The summed E-state index contributed by atoms with van der Waals surface area (Å²) in [6.07, 6.45) is 1.78. The molecule has 20 heavy (non-hydrogen) atoms. The minimum atomic E-state index is -0.124. The summed E-state index contributed by atoms with van der Waals surface area (Å²) in [6, 6.07) is 13.0. The van der Waals surface area contributed by atoms with Crippen molar-refractivity contribution >= 4 is 29.4 Å². The summed E-state index contributed by atoms with van der Waals surface area (Å²) in [5.74, 6) is 0.786. The van der Waals surface area contributed by atoms with Crippen LogP contribution in [-0.4, -0.2) is 13.3 Å². The van der Waals surface area contributed by atoms with Gasteiger partial charge in [-0.25, -0.2) is 0 Å². The summed E-state index contributed by atoms with van der Waals surface area (Å²) in [5, 5.41) is 1.25. The Labute approximate surface area is 129 Å². The van der Waals surface area contributed by atoms with Crippen LogP contribution in [0.1, 0.15) is 24.1 Å². The molecule has 0 radical (unpaired) electrons. The van der Waals surface area contributed by atoms with E-state index >= 15 is 0 Å². The van der Waals surface area contributed by atoms with E-state index in [1.54, 1.807) is 13.3 Å². The molecular formula is C16H15Cl2NO. The number of halogens is 2. The molecule has 4 heteroatoms. The number of methoxy groups -OCH3 is 1. The second-order valence-electron chi connectivity index (χ2n) is 4.33. The molecule has 1 atom stereocenters. The highest BCUT2D eigenvalue weighted by Gasteiger charge is 2.12. The van der Waals surface area contributed by atoms with Gasteiger partial charge in [-0.2, -0.15) is 0 Å². The zero-order valence-corrected chi connectivity index (χ0v) is 12.8. The Morgan fingerprint density at radius 3 is 2.35 bits per heavy atom. The van der Waals surface area contributed by atoms with Crippen LogP contribution in [-0.2, 0) is 0 Å². The number of nitrogens with zero attached hydrogens (tertiary/aromatic N) is 1. The number of ether oxygens (including phenoxy) is 1. The molecule has 0 aliphatic heterocycles. The maximum absolute atomic E-state index is 6.18. The zero-order valence-electron chi connectivity index (χ0n) is 11.3. The Balaban J connectivity index is 2.27. The van der Waals surface area contributed by atoms with Crippen molar-refractivity contribution in [2.75, 3.05) is 7.11 Å². The van der Waals surface area contributed by atoms with E-state index in [2.05, 4.69) is 4.99 Å². The fraction of sp³-hybridized carbons (Fsp3) is 0.188. The molecule has 0 heterocycles. The van der Waals surface area contributed by atoms with Crippen molar-refractivity contribution in [2.45, 2.75) is 13.0 Å². The largest absolute Gasteiger partial charge is 0.496 e. The van der Waals surface area contributed by atoms with Crippen LogP contribution in [0.2, 0.25) is 10.0 Å². The molecule has 0 amide bonds. The summed E-state index contributed by atoms with van der Waals surface area (Å²) in [6.45, 7) is 1.96. The van der Waals surface area contributed by atoms with Gasteiger partial charge in [0.2, 0.25) is 0 Å².